The number of nitrogens with one attached hydrogen (secondary N) is 1. The van der Waals surface area contributed by atoms with Crippen LogP contribution in [0.4, 0.5) is 10.1 Å². The first-order chi connectivity index (χ1) is 16.8. The molecule has 3 aromatic carbocycles. The normalized spacial score (nSPS) is 12.1. The summed E-state index contributed by atoms with van der Waals surface area (Å²) in [5.74, 6) is -0.297. The highest BCUT2D eigenvalue weighted by Gasteiger charge is 2.15. The third kappa shape index (κ3) is 5.59. The fourth-order valence-corrected chi connectivity index (χ4v) is 5.47. The second-order valence-electron chi connectivity index (χ2n) is 7.42. The molecule has 1 amide bonds. The van der Waals surface area contributed by atoms with Gasteiger partial charge in [0.15, 0.2) is 4.80 Å². The fourth-order valence-electron chi connectivity index (χ4n) is 3.32. The Bertz CT molecular complexity index is 1530. The molecule has 0 radical (unpaired) electrons. The molecule has 35 heavy (non-hydrogen) atoms. The van der Waals surface area contributed by atoms with Gasteiger partial charge in [-0.1, -0.05) is 11.3 Å². The van der Waals surface area contributed by atoms with Crippen molar-refractivity contribution in [2.24, 2.45) is 4.99 Å². The number of methoxy groups -OCH3 is 2. The molecule has 1 heterocycles. The highest BCUT2D eigenvalue weighted by atomic mass is 32.2. The highest BCUT2D eigenvalue weighted by molar-refractivity contribution is 7.92. The summed E-state index contributed by atoms with van der Waals surface area (Å²) >= 11 is 1.36. The minimum absolute atomic E-state index is 0.0731. The number of carbonyl (C=O) groups excluding carboxylic acids is 1. The first-order valence-electron chi connectivity index (χ1n) is 10.4. The SMILES string of the molecule is COCCn1c(=NC(=O)c2ccc(NS(=O)(=O)c3ccc(F)cc3)cc2)sc2cc(OC)ccc21. The summed E-state index contributed by atoms with van der Waals surface area (Å²) in [5, 5.41) is 0. The van der Waals surface area contributed by atoms with Crippen LogP contribution in [0.2, 0.25) is 0 Å². The van der Waals surface area contributed by atoms with Gasteiger partial charge in [0.1, 0.15) is 11.6 Å². The van der Waals surface area contributed by atoms with Crippen molar-refractivity contribution in [1.82, 2.24) is 4.57 Å². The third-order valence-electron chi connectivity index (χ3n) is 5.11. The lowest BCUT2D eigenvalue weighted by atomic mass is 10.2. The Balaban J connectivity index is 1.60. The van der Waals surface area contributed by atoms with E-state index in [0.717, 1.165) is 22.3 Å². The van der Waals surface area contributed by atoms with Crippen LogP contribution >= 0.6 is 11.3 Å². The van der Waals surface area contributed by atoms with E-state index in [1.807, 2.05) is 22.8 Å². The molecule has 0 spiro atoms. The Labute approximate surface area is 205 Å². The molecular weight excluding hydrogens is 493 g/mol. The second-order valence-corrected chi connectivity index (χ2v) is 10.1. The van der Waals surface area contributed by atoms with Crippen molar-refractivity contribution < 1.29 is 27.1 Å². The number of sulfonamides is 1. The van der Waals surface area contributed by atoms with Crippen molar-refractivity contribution >= 4 is 43.2 Å². The largest absolute Gasteiger partial charge is 0.497 e. The quantitative estimate of drug-likeness (QED) is 0.382. The van der Waals surface area contributed by atoms with Crippen molar-refractivity contribution in [3.05, 3.63) is 82.9 Å². The van der Waals surface area contributed by atoms with Crippen LogP contribution in [-0.2, 0) is 21.3 Å². The molecule has 0 bridgehead atoms. The van der Waals surface area contributed by atoms with E-state index in [4.69, 9.17) is 9.47 Å². The number of nitrogens with zero attached hydrogens (tertiary/aromatic N) is 2. The Kier molecular flexibility index (Phi) is 7.29. The highest BCUT2D eigenvalue weighted by Crippen LogP contribution is 2.23. The van der Waals surface area contributed by atoms with E-state index in [-0.39, 0.29) is 10.6 Å². The maximum atomic E-state index is 13.1. The first-order valence-corrected chi connectivity index (χ1v) is 12.7. The van der Waals surface area contributed by atoms with E-state index in [1.165, 1.54) is 47.7 Å². The second kappa shape index (κ2) is 10.4. The maximum Gasteiger partial charge on any atom is 0.279 e. The summed E-state index contributed by atoms with van der Waals surface area (Å²) < 4.78 is 53.8. The predicted octanol–water partition coefficient (Wildman–Crippen LogP) is 4.04. The van der Waals surface area contributed by atoms with E-state index >= 15 is 0 Å². The van der Waals surface area contributed by atoms with Crippen LogP contribution in [0.1, 0.15) is 10.4 Å². The number of aromatic nitrogens is 1. The molecule has 0 aliphatic carbocycles. The molecule has 8 nitrogen and oxygen atoms in total. The number of amides is 1. The number of fused-ring (bicyclic) bond motifs is 1. The lowest BCUT2D eigenvalue weighted by Crippen LogP contribution is -2.19. The molecule has 11 heteroatoms. The maximum absolute atomic E-state index is 13.1. The lowest BCUT2D eigenvalue weighted by Gasteiger charge is -2.08. The van der Waals surface area contributed by atoms with Crippen LogP contribution in [0.25, 0.3) is 10.2 Å². The summed E-state index contributed by atoms with van der Waals surface area (Å²) in [6, 6.07) is 16.0. The van der Waals surface area contributed by atoms with Gasteiger partial charge >= 0.3 is 0 Å². The van der Waals surface area contributed by atoms with Gasteiger partial charge in [-0.25, -0.2) is 12.8 Å². The Morgan fingerprint density at radius 1 is 1.06 bits per heavy atom. The molecule has 0 saturated heterocycles. The van der Waals surface area contributed by atoms with Gasteiger partial charge in [0.05, 0.1) is 28.8 Å². The van der Waals surface area contributed by atoms with Crippen LogP contribution in [0.5, 0.6) is 5.75 Å². The topological polar surface area (TPSA) is 99.0 Å². The van der Waals surface area contributed by atoms with E-state index in [0.29, 0.717) is 29.3 Å². The van der Waals surface area contributed by atoms with E-state index in [1.54, 1.807) is 14.2 Å². The molecule has 182 valence electrons. The summed E-state index contributed by atoms with van der Waals surface area (Å²) in [6.45, 7) is 0.960. The van der Waals surface area contributed by atoms with E-state index < -0.39 is 21.7 Å². The summed E-state index contributed by atoms with van der Waals surface area (Å²) in [7, 11) is -0.703. The first kappa shape index (κ1) is 24.6. The van der Waals surface area contributed by atoms with Crippen LogP contribution in [-0.4, -0.2) is 39.7 Å². The van der Waals surface area contributed by atoms with Crippen molar-refractivity contribution in [2.75, 3.05) is 25.5 Å². The lowest BCUT2D eigenvalue weighted by molar-refractivity contribution is 0.0997. The number of halogens is 1. The summed E-state index contributed by atoms with van der Waals surface area (Å²) in [5.41, 5.74) is 1.46. The summed E-state index contributed by atoms with van der Waals surface area (Å²) in [4.78, 5) is 17.6. The molecule has 0 aliphatic heterocycles. The number of hydrogen-bond donors (Lipinski definition) is 1. The zero-order valence-electron chi connectivity index (χ0n) is 18.9. The number of hydrogen-bond acceptors (Lipinski definition) is 6. The van der Waals surface area contributed by atoms with Gasteiger partial charge in [0.25, 0.3) is 15.9 Å². The molecule has 1 aromatic heterocycles. The van der Waals surface area contributed by atoms with Gasteiger partial charge in [-0.3, -0.25) is 9.52 Å². The van der Waals surface area contributed by atoms with Gasteiger partial charge in [-0.15, -0.1) is 0 Å². The smallest absolute Gasteiger partial charge is 0.279 e. The molecule has 0 fully saturated rings. The number of carbonyl (C=O) groups is 1. The van der Waals surface area contributed by atoms with E-state index in [2.05, 4.69) is 9.71 Å². The molecule has 0 aliphatic rings. The van der Waals surface area contributed by atoms with Gasteiger partial charge < -0.3 is 14.0 Å². The predicted molar refractivity (Wildman–Crippen MR) is 132 cm³/mol. The number of rotatable bonds is 8. The monoisotopic (exact) mass is 515 g/mol. The van der Waals surface area contributed by atoms with Crippen LogP contribution in [0, 0.1) is 5.82 Å². The van der Waals surface area contributed by atoms with Crippen LogP contribution in [0.15, 0.2) is 76.6 Å². The number of thiazole rings is 1. The van der Waals surface area contributed by atoms with Crippen molar-refractivity contribution in [3.8, 4) is 5.75 Å². The zero-order chi connectivity index (χ0) is 25.0. The molecule has 0 atom stereocenters. The molecular formula is C24H22FN3O5S2. The van der Waals surface area contributed by atoms with Crippen molar-refractivity contribution in [1.29, 1.82) is 0 Å². The molecule has 4 aromatic rings. The minimum Gasteiger partial charge on any atom is -0.497 e. The Morgan fingerprint density at radius 3 is 2.43 bits per heavy atom. The van der Waals surface area contributed by atoms with Crippen molar-refractivity contribution in [3.63, 3.8) is 0 Å². The molecule has 4 rings (SSSR count). The molecule has 0 unspecified atom stereocenters. The van der Waals surface area contributed by atoms with Gasteiger partial charge in [0, 0.05) is 24.9 Å². The standard InChI is InChI=1S/C24H22FN3O5S2/c1-32-14-13-28-21-12-9-19(33-2)15-22(21)34-24(28)26-23(29)16-3-7-18(8-4-16)27-35(30,31)20-10-5-17(25)6-11-20/h3-12,15,27H,13-14H2,1-2H3. The zero-order valence-corrected chi connectivity index (χ0v) is 20.5. The third-order valence-corrected chi connectivity index (χ3v) is 7.55. The Morgan fingerprint density at radius 2 is 1.77 bits per heavy atom. The fraction of sp³-hybridized carbons (Fsp3) is 0.167. The van der Waals surface area contributed by atoms with Crippen molar-refractivity contribution in [2.45, 2.75) is 11.4 Å². The number of anilines is 1. The van der Waals surface area contributed by atoms with E-state index in [9.17, 15) is 17.6 Å². The molecule has 1 N–H and O–H groups in total. The van der Waals surface area contributed by atoms with Crippen LogP contribution in [0.3, 0.4) is 0 Å². The number of benzene rings is 3. The average Bonchev–Trinajstić information content (AvgIpc) is 3.18. The number of ether oxygens (including phenoxy) is 2. The van der Waals surface area contributed by atoms with Gasteiger partial charge in [0.2, 0.25) is 0 Å². The molecule has 0 saturated carbocycles. The van der Waals surface area contributed by atoms with Gasteiger partial charge in [-0.2, -0.15) is 4.99 Å². The van der Waals surface area contributed by atoms with Crippen LogP contribution < -0.4 is 14.3 Å². The minimum atomic E-state index is -3.90. The van der Waals surface area contributed by atoms with Gasteiger partial charge in [-0.05, 0) is 66.7 Å². The Hall–Kier alpha value is -3.54. The average molecular weight is 516 g/mol. The summed E-state index contributed by atoms with van der Waals surface area (Å²) in [6.07, 6.45) is 0.